The number of amides is 1. The Kier molecular flexibility index (Phi) is 6.77. The smallest absolute Gasteiger partial charge is 0.258 e. The van der Waals surface area contributed by atoms with Gasteiger partial charge in [0.25, 0.3) is 5.91 Å². The number of rotatable bonds is 4. The molecule has 3 heteroatoms. The summed E-state index contributed by atoms with van der Waals surface area (Å²) < 4.78 is 0. The molecule has 1 unspecified atom stereocenters. The first kappa shape index (κ1) is 19.2. The van der Waals surface area contributed by atoms with Crippen molar-refractivity contribution in [2.45, 2.75) is 33.1 Å². The molecular weight excluding hydrogens is 308 g/mol. The summed E-state index contributed by atoms with van der Waals surface area (Å²) in [5.41, 5.74) is 4.27. The minimum Gasteiger partial charge on any atom is -0.309 e. The van der Waals surface area contributed by atoms with Crippen molar-refractivity contribution in [3.05, 3.63) is 65.3 Å². The molecular formula is C22H30N2O. The lowest BCUT2D eigenvalue weighted by Crippen LogP contribution is -2.24. The average Bonchev–Trinajstić information content (AvgIpc) is 2.78. The van der Waals surface area contributed by atoms with Gasteiger partial charge in [-0.25, -0.2) is 0 Å². The Morgan fingerprint density at radius 2 is 1.84 bits per heavy atom. The number of hydrogen-bond donors (Lipinski definition) is 0. The van der Waals surface area contributed by atoms with Crippen molar-refractivity contribution < 1.29 is 4.79 Å². The van der Waals surface area contributed by atoms with E-state index >= 15 is 0 Å². The van der Waals surface area contributed by atoms with Gasteiger partial charge in [0.05, 0.1) is 6.54 Å². The molecule has 1 saturated heterocycles. The van der Waals surface area contributed by atoms with Crippen LogP contribution in [0.4, 0.5) is 5.69 Å². The van der Waals surface area contributed by atoms with Crippen LogP contribution >= 0.6 is 0 Å². The van der Waals surface area contributed by atoms with E-state index in [1.165, 1.54) is 5.56 Å². The van der Waals surface area contributed by atoms with Crippen LogP contribution in [0, 0.1) is 0 Å². The van der Waals surface area contributed by atoms with Crippen molar-refractivity contribution in [1.29, 1.82) is 0 Å². The van der Waals surface area contributed by atoms with Crippen LogP contribution in [0.5, 0.6) is 0 Å². The molecule has 3 rings (SSSR count). The molecule has 1 fully saturated rings. The van der Waals surface area contributed by atoms with Crippen molar-refractivity contribution in [3.63, 3.8) is 0 Å². The van der Waals surface area contributed by atoms with Gasteiger partial charge < -0.3 is 9.80 Å². The molecule has 1 aliphatic carbocycles. The molecule has 2 aliphatic rings. The van der Waals surface area contributed by atoms with Crippen LogP contribution in [0.2, 0.25) is 0 Å². The van der Waals surface area contributed by atoms with Crippen molar-refractivity contribution >= 4 is 11.6 Å². The molecule has 3 nitrogen and oxygen atoms in total. The fourth-order valence-electron chi connectivity index (χ4n) is 3.26. The highest BCUT2D eigenvalue weighted by molar-refractivity contribution is 6.13. The summed E-state index contributed by atoms with van der Waals surface area (Å²) in [4.78, 5) is 16.7. The zero-order chi connectivity index (χ0) is 18.4. The van der Waals surface area contributed by atoms with Gasteiger partial charge in [-0.3, -0.25) is 4.79 Å². The molecule has 1 amide bonds. The molecule has 0 spiro atoms. The lowest BCUT2D eigenvalue weighted by atomic mass is 10.0. The molecule has 1 aromatic carbocycles. The Bertz CT molecular complexity index is 680. The molecule has 1 heterocycles. The highest BCUT2D eigenvalue weighted by atomic mass is 16.2. The summed E-state index contributed by atoms with van der Waals surface area (Å²) in [5.74, 6) is 0.590. The molecule has 0 aromatic heterocycles. The van der Waals surface area contributed by atoms with Crippen molar-refractivity contribution in [2.24, 2.45) is 0 Å². The summed E-state index contributed by atoms with van der Waals surface area (Å²) in [6.07, 6.45) is 9.05. The van der Waals surface area contributed by atoms with Crippen molar-refractivity contribution in [2.75, 3.05) is 32.1 Å². The molecule has 134 valence electrons. The molecule has 25 heavy (non-hydrogen) atoms. The fourth-order valence-corrected chi connectivity index (χ4v) is 3.26. The predicted octanol–water partition coefficient (Wildman–Crippen LogP) is 4.54. The lowest BCUT2D eigenvalue weighted by Gasteiger charge is -2.19. The van der Waals surface area contributed by atoms with Gasteiger partial charge in [-0.2, -0.15) is 0 Å². The van der Waals surface area contributed by atoms with Crippen LogP contribution in [-0.2, 0) is 4.79 Å². The Balaban J connectivity index is 0.00000109. The molecule has 0 radical (unpaired) electrons. The maximum atomic E-state index is 12.6. The molecule has 1 atom stereocenters. The summed E-state index contributed by atoms with van der Waals surface area (Å²) >= 11 is 0. The highest BCUT2D eigenvalue weighted by Crippen LogP contribution is 2.31. The van der Waals surface area contributed by atoms with E-state index in [9.17, 15) is 4.79 Å². The summed E-state index contributed by atoms with van der Waals surface area (Å²) in [6.45, 7) is 7.93. The molecule has 1 aromatic rings. The van der Waals surface area contributed by atoms with Crippen molar-refractivity contribution in [3.8, 4) is 0 Å². The van der Waals surface area contributed by atoms with Gasteiger partial charge in [-0.15, -0.1) is 0 Å². The van der Waals surface area contributed by atoms with Gasteiger partial charge in [-0.1, -0.05) is 51.1 Å². The van der Waals surface area contributed by atoms with Gasteiger partial charge in [0.15, 0.2) is 0 Å². The second-order valence-corrected chi connectivity index (χ2v) is 6.62. The number of carbonyl (C=O) groups excluding carboxylic acids is 1. The third kappa shape index (κ3) is 4.49. The fraction of sp³-hybridized carbons (Fsp3) is 0.409. The zero-order valence-corrected chi connectivity index (χ0v) is 16.1. The molecule has 1 aliphatic heterocycles. The number of benzene rings is 1. The van der Waals surface area contributed by atoms with E-state index in [1.54, 1.807) is 0 Å². The van der Waals surface area contributed by atoms with Crippen LogP contribution in [0.1, 0.15) is 38.7 Å². The third-order valence-electron chi connectivity index (χ3n) is 4.46. The van der Waals surface area contributed by atoms with E-state index in [2.05, 4.69) is 62.3 Å². The maximum absolute atomic E-state index is 12.6. The van der Waals surface area contributed by atoms with Crippen LogP contribution in [0.3, 0.4) is 0 Å². The SMILES string of the molecule is CC.CC(CN(C)C)c1ccc(N2CC3=CCC=CC=C3C2=O)cc1. The number of fused-ring (bicyclic) bond motifs is 1. The van der Waals surface area contributed by atoms with Crippen LogP contribution in [-0.4, -0.2) is 38.0 Å². The summed E-state index contributed by atoms with van der Waals surface area (Å²) in [5, 5.41) is 0. The Morgan fingerprint density at radius 3 is 2.48 bits per heavy atom. The lowest BCUT2D eigenvalue weighted by molar-refractivity contribution is -0.114. The van der Waals surface area contributed by atoms with Crippen molar-refractivity contribution in [1.82, 2.24) is 4.90 Å². The maximum Gasteiger partial charge on any atom is 0.258 e. The van der Waals surface area contributed by atoms with Crippen LogP contribution in [0.15, 0.2) is 59.7 Å². The van der Waals surface area contributed by atoms with E-state index in [0.717, 1.165) is 29.8 Å². The number of anilines is 1. The first-order chi connectivity index (χ1) is 12.1. The second-order valence-electron chi connectivity index (χ2n) is 6.62. The molecule has 0 bridgehead atoms. The molecule has 0 N–H and O–H groups in total. The summed E-state index contributed by atoms with van der Waals surface area (Å²) in [6, 6.07) is 8.43. The van der Waals surface area contributed by atoms with E-state index in [4.69, 9.17) is 0 Å². The van der Waals surface area contributed by atoms with Gasteiger partial charge in [0.1, 0.15) is 0 Å². The topological polar surface area (TPSA) is 23.6 Å². The van der Waals surface area contributed by atoms with Crippen LogP contribution < -0.4 is 4.90 Å². The number of likely N-dealkylation sites (N-methyl/N-ethyl adjacent to an activating group) is 1. The quantitative estimate of drug-likeness (QED) is 0.805. The van der Waals surface area contributed by atoms with E-state index in [-0.39, 0.29) is 5.91 Å². The largest absolute Gasteiger partial charge is 0.309 e. The highest BCUT2D eigenvalue weighted by Gasteiger charge is 2.31. The van der Waals surface area contributed by atoms with E-state index < -0.39 is 0 Å². The predicted molar refractivity (Wildman–Crippen MR) is 107 cm³/mol. The van der Waals surface area contributed by atoms with E-state index in [1.807, 2.05) is 30.9 Å². The Morgan fingerprint density at radius 1 is 1.16 bits per heavy atom. The zero-order valence-electron chi connectivity index (χ0n) is 16.1. The minimum absolute atomic E-state index is 0.108. The minimum atomic E-state index is 0.108. The van der Waals surface area contributed by atoms with Gasteiger partial charge in [-0.05, 0) is 55.8 Å². The monoisotopic (exact) mass is 338 g/mol. The number of nitrogens with zero attached hydrogens (tertiary/aromatic N) is 2. The molecule has 0 saturated carbocycles. The summed E-state index contributed by atoms with van der Waals surface area (Å²) in [7, 11) is 4.18. The van der Waals surface area contributed by atoms with Gasteiger partial charge in [0.2, 0.25) is 0 Å². The van der Waals surface area contributed by atoms with E-state index in [0.29, 0.717) is 12.5 Å². The first-order valence-electron chi connectivity index (χ1n) is 9.19. The third-order valence-corrected chi connectivity index (χ3v) is 4.46. The van der Waals surface area contributed by atoms with Crippen LogP contribution in [0.25, 0.3) is 0 Å². The normalized spacial score (nSPS) is 17.4. The first-order valence-corrected chi connectivity index (χ1v) is 9.19. The number of hydrogen-bond acceptors (Lipinski definition) is 2. The number of allylic oxidation sites excluding steroid dienone is 4. The Labute approximate surface area is 152 Å². The Hall–Kier alpha value is -2.13. The second kappa shape index (κ2) is 8.82. The number of carbonyl (C=O) groups is 1. The standard InChI is InChI=1S/C20H24N2O.C2H6/c1-15(13-21(2)3)16-9-11-18(12-10-16)22-14-17-7-5-4-6-8-19(17)20(22)23;1-2/h4,6-12,15H,5,13-14H2,1-3H3;1-2H3. The average molecular weight is 338 g/mol. The van der Waals surface area contributed by atoms with Gasteiger partial charge in [0, 0.05) is 17.8 Å². The van der Waals surface area contributed by atoms with Gasteiger partial charge >= 0.3 is 0 Å².